The number of hydrogen-bond donors (Lipinski definition) is 3. The Morgan fingerprint density at radius 2 is 0.855 bits per heavy atom. The van der Waals surface area contributed by atoms with Crippen LogP contribution in [0.2, 0.25) is 0 Å². The van der Waals surface area contributed by atoms with Crippen molar-refractivity contribution in [3.05, 3.63) is 85.1 Å². The van der Waals surface area contributed by atoms with E-state index < -0.39 is 20.0 Å². The maximum absolute atomic E-state index is 13.0. The van der Waals surface area contributed by atoms with Gasteiger partial charge in [-0.1, -0.05) is 253 Å². The molecule has 0 aromatic rings. The van der Waals surface area contributed by atoms with E-state index in [-0.39, 0.29) is 19.1 Å². The molecular formula is C60H110N2O6P+. The van der Waals surface area contributed by atoms with Gasteiger partial charge in [0.1, 0.15) is 13.2 Å². The third kappa shape index (κ3) is 53.3. The van der Waals surface area contributed by atoms with Crippen LogP contribution < -0.4 is 5.32 Å². The summed E-state index contributed by atoms with van der Waals surface area (Å²) in [4.78, 5) is 23.3. The van der Waals surface area contributed by atoms with Crippen LogP contribution in [0, 0.1) is 0 Å². The summed E-state index contributed by atoms with van der Waals surface area (Å²) in [5.41, 5.74) is 0. The summed E-state index contributed by atoms with van der Waals surface area (Å²) >= 11 is 0. The van der Waals surface area contributed by atoms with Gasteiger partial charge in [-0.2, -0.15) is 0 Å². The van der Waals surface area contributed by atoms with Crippen LogP contribution in [-0.4, -0.2) is 73.4 Å². The maximum Gasteiger partial charge on any atom is 0.472 e. The zero-order valence-corrected chi connectivity index (χ0v) is 46.4. The average molecular weight is 987 g/mol. The summed E-state index contributed by atoms with van der Waals surface area (Å²) in [5.74, 6) is -0.202. The van der Waals surface area contributed by atoms with Crippen molar-refractivity contribution in [3.8, 4) is 0 Å². The van der Waals surface area contributed by atoms with E-state index in [1.54, 1.807) is 0 Å². The minimum Gasteiger partial charge on any atom is -0.391 e. The van der Waals surface area contributed by atoms with E-state index >= 15 is 0 Å². The number of unbranched alkanes of at least 4 members (excludes halogenated alkanes) is 24. The van der Waals surface area contributed by atoms with E-state index in [4.69, 9.17) is 9.05 Å². The fourth-order valence-electron chi connectivity index (χ4n) is 7.98. The van der Waals surface area contributed by atoms with E-state index in [1.807, 2.05) is 21.1 Å². The molecule has 0 spiro atoms. The van der Waals surface area contributed by atoms with E-state index in [9.17, 15) is 19.4 Å². The van der Waals surface area contributed by atoms with Crippen LogP contribution in [-0.2, 0) is 18.4 Å². The summed E-state index contributed by atoms with van der Waals surface area (Å²) in [5, 5.41) is 14.0. The highest BCUT2D eigenvalue weighted by Crippen LogP contribution is 2.43. The maximum atomic E-state index is 13.0. The third-order valence-electron chi connectivity index (χ3n) is 12.4. The summed E-state index contributed by atoms with van der Waals surface area (Å²) < 4.78 is 23.7. The number of carbonyl (C=O) groups excluding carboxylic acids is 1. The number of phosphoric acid groups is 1. The topological polar surface area (TPSA) is 105 Å². The number of likely N-dealkylation sites (N-methyl/N-ethyl adjacent to an activating group) is 1. The highest BCUT2D eigenvalue weighted by molar-refractivity contribution is 7.47. The SMILES string of the molecule is CC/C=C\C/C=C\C/C=C\C/C=C\C/C=C\C/C=C\C/C=C\CCCC(=O)NC(COP(=O)(O)OCC[N+](C)(C)C)C(O)CCCCCCCCCCCCCCCCCCCCCCCCCC. The molecule has 8 nitrogen and oxygen atoms in total. The Morgan fingerprint density at radius 1 is 0.507 bits per heavy atom. The lowest BCUT2D eigenvalue weighted by Crippen LogP contribution is -2.46. The van der Waals surface area contributed by atoms with Crippen LogP contribution in [0.3, 0.4) is 0 Å². The number of allylic oxidation sites excluding steroid dienone is 14. The number of nitrogens with zero attached hydrogens (tertiary/aromatic N) is 1. The molecule has 69 heavy (non-hydrogen) atoms. The first-order valence-electron chi connectivity index (χ1n) is 28.5. The van der Waals surface area contributed by atoms with Gasteiger partial charge in [0.25, 0.3) is 0 Å². The Morgan fingerprint density at radius 3 is 1.22 bits per heavy atom. The first-order chi connectivity index (χ1) is 33.5. The highest BCUT2D eigenvalue weighted by atomic mass is 31.2. The van der Waals surface area contributed by atoms with Crippen molar-refractivity contribution in [1.29, 1.82) is 0 Å². The molecular weight excluding hydrogens is 876 g/mol. The summed E-state index contributed by atoms with van der Waals surface area (Å²) in [6.45, 7) is 4.74. The molecule has 3 N–H and O–H groups in total. The Kier molecular flexibility index (Phi) is 48.9. The smallest absolute Gasteiger partial charge is 0.391 e. The summed E-state index contributed by atoms with van der Waals surface area (Å²) in [6.07, 6.45) is 70.8. The van der Waals surface area contributed by atoms with E-state index in [2.05, 4.69) is 104 Å². The predicted octanol–water partition coefficient (Wildman–Crippen LogP) is 17.3. The number of carbonyl (C=O) groups is 1. The molecule has 3 unspecified atom stereocenters. The van der Waals surface area contributed by atoms with Crippen LogP contribution in [0.15, 0.2) is 85.1 Å². The predicted molar refractivity (Wildman–Crippen MR) is 299 cm³/mol. The first kappa shape index (κ1) is 66.7. The lowest BCUT2D eigenvalue weighted by Gasteiger charge is -2.26. The Labute approximate surface area is 426 Å². The molecule has 0 aromatic heterocycles. The number of aliphatic hydroxyl groups is 1. The van der Waals surface area contributed by atoms with Gasteiger partial charge < -0.3 is 19.8 Å². The number of quaternary nitrogens is 1. The molecule has 0 saturated carbocycles. The zero-order chi connectivity index (χ0) is 50.6. The highest BCUT2D eigenvalue weighted by Gasteiger charge is 2.28. The van der Waals surface area contributed by atoms with Crippen LogP contribution >= 0.6 is 7.82 Å². The largest absolute Gasteiger partial charge is 0.472 e. The molecule has 400 valence electrons. The molecule has 0 fully saturated rings. The van der Waals surface area contributed by atoms with Gasteiger partial charge in [-0.15, -0.1) is 0 Å². The van der Waals surface area contributed by atoms with Gasteiger partial charge in [0.15, 0.2) is 0 Å². The van der Waals surface area contributed by atoms with Crippen LogP contribution in [0.5, 0.6) is 0 Å². The Bertz CT molecular complexity index is 1400. The Balaban J connectivity index is 4.31. The second kappa shape index (κ2) is 50.6. The number of phosphoric ester groups is 1. The molecule has 0 radical (unpaired) electrons. The van der Waals surface area contributed by atoms with E-state index in [0.717, 1.165) is 70.6 Å². The second-order valence-corrected chi connectivity index (χ2v) is 21.7. The van der Waals surface area contributed by atoms with Gasteiger partial charge in [0, 0.05) is 6.42 Å². The minimum absolute atomic E-state index is 0.0595. The number of nitrogens with one attached hydrogen (secondary N) is 1. The number of rotatable bonds is 51. The van der Waals surface area contributed by atoms with Crippen molar-refractivity contribution in [3.63, 3.8) is 0 Å². The second-order valence-electron chi connectivity index (χ2n) is 20.3. The van der Waals surface area contributed by atoms with Crippen LogP contribution in [0.4, 0.5) is 0 Å². The monoisotopic (exact) mass is 986 g/mol. The molecule has 0 aliphatic heterocycles. The first-order valence-corrected chi connectivity index (χ1v) is 29.9. The van der Waals surface area contributed by atoms with Crippen LogP contribution in [0.25, 0.3) is 0 Å². The number of hydrogen-bond acceptors (Lipinski definition) is 5. The van der Waals surface area contributed by atoms with E-state index in [1.165, 1.54) is 135 Å². The molecule has 3 atom stereocenters. The lowest BCUT2D eigenvalue weighted by atomic mass is 10.0. The van der Waals surface area contributed by atoms with Crippen molar-refractivity contribution >= 4 is 13.7 Å². The molecule has 1 amide bonds. The zero-order valence-electron chi connectivity index (χ0n) is 45.5. The van der Waals surface area contributed by atoms with Crippen LogP contribution in [0.1, 0.15) is 239 Å². The number of aliphatic hydroxyl groups excluding tert-OH is 1. The van der Waals surface area contributed by atoms with Gasteiger partial charge in [-0.3, -0.25) is 13.8 Å². The van der Waals surface area contributed by atoms with Gasteiger partial charge in [-0.05, 0) is 64.2 Å². The van der Waals surface area contributed by atoms with Gasteiger partial charge in [0.2, 0.25) is 5.91 Å². The van der Waals surface area contributed by atoms with Crippen molar-refractivity contribution in [2.45, 2.75) is 251 Å². The summed E-state index contributed by atoms with van der Waals surface area (Å²) in [7, 11) is 1.57. The molecule has 0 rings (SSSR count). The van der Waals surface area contributed by atoms with Crippen molar-refractivity contribution in [2.24, 2.45) is 0 Å². The van der Waals surface area contributed by atoms with Crippen molar-refractivity contribution < 1.29 is 32.9 Å². The summed E-state index contributed by atoms with van der Waals surface area (Å²) in [6, 6.07) is -0.798. The fourth-order valence-corrected chi connectivity index (χ4v) is 8.71. The molecule has 0 heterocycles. The Hall–Kier alpha value is -2.32. The quantitative estimate of drug-likeness (QED) is 0.0243. The van der Waals surface area contributed by atoms with E-state index in [0.29, 0.717) is 30.3 Å². The molecule has 9 heteroatoms. The van der Waals surface area contributed by atoms with Crippen molar-refractivity contribution in [2.75, 3.05) is 40.9 Å². The molecule has 0 aromatic carbocycles. The van der Waals surface area contributed by atoms with Gasteiger partial charge in [-0.25, -0.2) is 4.57 Å². The van der Waals surface area contributed by atoms with Gasteiger partial charge >= 0.3 is 7.82 Å². The normalized spacial score (nSPS) is 14.6. The standard InChI is InChI=1S/C60H109N2O6P/c1-6-8-10-12-14-16-18-20-22-24-26-28-30-32-33-35-37-39-41-43-45-47-49-51-53-59(63)58(57-68-69(65,66)67-56-55-62(3,4)5)61-60(64)54-52-50-48-46-44-42-40-38-36-34-31-29-27-25-23-21-19-17-15-13-11-9-7-2/h9,11,15,17,21,23,27,29,34,36,40,42,46,48,58-59,63H,6-8,10,12-14,16,18-20,22,24-26,28,30-33,35,37-39,41,43-45,47,49-57H2,1-5H3,(H-,61,64,65,66)/p+1/b11-9-,17-15-,23-21-,29-27-,36-34-,42-40-,48-46-. The molecule has 0 aliphatic carbocycles. The van der Waals surface area contributed by atoms with Crippen molar-refractivity contribution in [1.82, 2.24) is 5.32 Å². The molecule has 0 aliphatic rings. The fraction of sp³-hybridized carbons (Fsp3) is 0.750. The lowest BCUT2D eigenvalue weighted by molar-refractivity contribution is -0.870. The third-order valence-corrected chi connectivity index (χ3v) is 13.4. The minimum atomic E-state index is -4.35. The average Bonchev–Trinajstić information content (AvgIpc) is 3.31. The molecule has 0 bridgehead atoms. The molecule has 0 saturated heterocycles. The number of amides is 1. The van der Waals surface area contributed by atoms with Gasteiger partial charge in [0.05, 0.1) is 39.9 Å².